The highest BCUT2D eigenvalue weighted by Crippen LogP contribution is 2.14. The summed E-state index contributed by atoms with van der Waals surface area (Å²) in [6.07, 6.45) is 0. The molecule has 0 heterocycles. The van der Waals surface area contributed by atoms with Crippen molar-refractivity contribution < 1.29 is 18.7 Å². The maximum Gasteiger partial charge on any atom is 0.328 e. The molecular weight excluding hydrogens is 321 g/mol. The van der Waals surface area contributed by atoms with Gasteiger partial charge in [0, 0.05) is 0 Å². The number of carbonyl (C=O) groups excluding carboxylic acids is 2. The third kappa shape index (κ3) is 4.79. The highest BCUT2D eigenvalue weighted by molar-refractivity contribution is 6.33. The lowest BCUT2D eigenvalue weighted by atomic mass is 10.2. The van der Waals surface area contributed by atoms with Crippen molar-refractivity contribution in [1.82, 2.24) is 5.32 Å². The number of halogens is 2. The molecule has 4 nitrogen and oxygen atoms in total. The molecule has 0 fully saturated rings. The van der Waals surface area contributed by atoms with Crippen LogP contribution in [-0.2, 0) is 16.1 Å². The van der Waals surface area contributed by atoms with Gasteiger partial charge in [-0.05, 0) is 36.8 Å². The predicted molar refractivity (Wildman–Crippen MR) is 84.6 cm³/mol. The average molecular weight is 336 g/mol. The van der Waals surface area contributed by atoms with Gasteiger partial charge in [-0.2, -0.15) is 0 Å². The van der Waals surface area contributed by atoms with Crippen LogP contribution in [0.25, 0.3) is 0 Å². The van der Waals surface area contributed by atoms with Crippen molar-refractivity contribution in [1.29, 1.82) is 0 Å². The van der Waals surface area contributed by atoms with E-state index in [0.717, 1.165) is 0 Å². The predicted octanol–water partition coefficient (Wildman–Crippen LogP) is 3.34. The fourth-order valence-electron chi connectivity index (χ4n) is 1.88. The van der Waals surface area contributed by atoms with Crippen LogP contribution >= 0.6 is 11.6 Å². The van der Waals surface area contributed by atoms with Crippen LogP contribution in [0, 0.1) is 5.82 Å². The summed E-state index contributed by atoms with van der Waals surface area (Å²) in [5.41, 5.74) is 0.807. The van der Waals surface area contributed by atoms with Crippen molar-refractivity contribution in [2.75, 3.05) is 0 Å². The summed E-state index contributed by atoms with van der Waals surface area (Å²) in [5, 5.41) is 2.81. The van der Waals surface area contributed by atoms with Gasteiger partial charge in [0.1, 0.15) is 18.5 Å². The lowest BCUT2D eigenvalue weighted by Crippen LogP contribution is -2.39. The molecule has 1 N–H and O–H groups in total. The van der Waals surface area contributed by atoms with E-state index in [-0.39, 0.29) is 12.2 Å². The highest BCUT2D eigenvalue weighted by Gasteiger charge is 2.19. The minimum absolute atomic E-state index is 0.0666. The van der Waals surface area contributed by atoms with Gasteiger partial charge in [-0.3, -0.25) is 4.79 Å². The minimum atomic E-state index is -0.854. The number of rotatable bonds is 5. The number of hydrogen-bond donors (Lipinski definition) is 1. The molecule has 0 bridgehead atoms. The Hall–Kier alpha value is -2.40. The van der Waals surface area contributed by atoms with Gasteiger partial charge in [-0.1, -0.05) is 35.9 Å². The van der Waals surface area contributed by atoms with Crippen LogP contribution in [0.5, 0.6) is 0 Å². The zero-order valence-corrected chi connectivity index (χ0v) is 13.1. The molecule has 2 aromatic carbocycles. The zero-order valence-electron chi connectivity index (χ0n) is 12.4. The summed E-state index contributed by atoms with van der Waals surface area (Å²) in [6, 6.07) is 11.4. The SMILES string of the molecule is CC(NC(=O)c1ccccc1Cl)C(=O)OCc1cccc(F)c1. The van der Waals surface area contributed by atoms with Crippen LogP contribution < -0.4 is 5.32 Å². The van der Waals surface area contributed by atoms with E-state index in [0.29, 0.717) is 10.6 Å². The van der Waals surface area contributed by atoms with Gasteiger partial charge in [0.15, 0.2) is 0 Å². The molecule has 1 unspecified atom stereocenters. The summed E-state index contributed by atoms with van der Waals surface area (Å²) in [4.78, 5) is 23.9. The van der Waals surface area contributed by atoms with Gasteiger partial charge in [0.25, 0.3) is 5.91 Å². The lowest BCUT2D eigenvalue weighted by molar-refractivity contribution is -0.146. The van der Waals surface area contributed by atoms with Crippen LogP contribution in [0.15, 0.2) is 48.5 Å². The van der Waals surface area contributed by atoms with E-state index in [9.17, 15) is 14.0 Å². The fourth-order valence-corrected chi connectivity index (χ4v) is 2.11. The third-order valence-corrected chi connectivity index (χ3v) is 3.42. The van der Waals surface area contributed by atoms with Gasteiger partial charge >= 0.3 is 5.97 Å². The van der Waals surface area contributed by atoms with E-state index in [4.69, 9.17) is 16.3 Å². The standard InChI is InChI=1S/C17H15ClFNO3/c1-11(20-16(21)14-7-2-3-8-15(14)18)17(22)23-10-12-5-4-6-13(19)9-12/h2-9,11H,10H2,1H3,(H,20,21). The summed E-state index contributed by atoms with van der Waals surface area (Å²) >= 11 is 5.93. The van der Waals surface area contributed by atoms with Crippen molar-refractivity contribution in [3.05, 3.63) is 70.5 Å². The van der Waals surface area contributed by atoms with E-state index in [1.165, 1.54) is 25.1 Å². The molecule has 120 valence electrons. The molecule has 1 amide bonds. The lowest BCUT2D eigenvalue weighted by Gasteiger charge is -2.14. The quantitative estimate of drug-likeness (QED) is 0.853. The van der Waals surface area contributed by atoms with Gasteiger partial charge < -0.3 is 10.1 Å². The van der Waals surface area contributed by atoms with Crippen molar-refractivity contribution in [2.45, 2.75) is 19.6 Å². The number of carbonyl (C=O) groups is 2. The molecule has 2 rings (SSSR count). The second kappa shape index (κ2) is 7.74. The first-order chi connectivity index (χ1) is 11.0. The molecule has 0 saturated heterocycles. The van der Waals surface area contributed by atoms with Gasteiger partial charge in [-0.25, -0.2) is 9.18 Å². The summed E-state index contributed by atoms with van der Waals surface area (Å²) in [5.74, 6) is -1.49. The summed E-state index contributed by atoms with van der Waals surface area (Å²) < 4.78 is 18.1. The molecule has 0 spiro atoms. The largest absolute Gasteiger partial charge is 0.459 e. The molecule has 0 saturated carbocycles. The van der Waals surface area contributed by atoms with Crippen LogP contribution in [0.1, 0.15) is 22.8 Å². The molecular formula is C17H15ClFNO3. The smallest absolute Gasteiger partial charge is 0.328 e. The summed E-state index contributed by atoms with van der Waals surface area (Å²) in [7, 11) is 0. The van der Waals surface area contributed by atoms with Crippen LogP contribution in [0.4, 0.5) is 4.39 Å². The second-order valence-electron chi connectivity index (χ2n) is 4.91. The first-order valence-corrected chi connectivity index (χ1v) is 7.31. The molecule has 2 aromatic rings. The Bertz CT molecular complexity index is 720. The Morgan fingerprint density at radius 2 is 1.96 bits per heavy atom. The van der Waals surface area contributed by atoms with E-state index in [2.05, 4.69) is 5.32 Å². The maximum atomic E-state index is 13.0. The monoisotopic (exact) mass is 335 g/mol. The van der Waals surface area contributed by atoms with Crippen molar-refractivity contribution >= 4 is 23.5 Å². The molecule has 1 atom stereocenters. The van der Waals surface area contributed by atoms with Crippen molar-refractivity contribution in [3.63, 3.8) is 0 Å². The topological polar surface area (TPSA) is 55.4 Å². The van der Waals surface area contributed by atoms with Gasteiger partial charge in [0.05, 0.1) is 10.6 Å². The van der Waals surface area contributed by atoms with E-state index >= 15 is 0 Å². The number of amides is 1. The zero-order chi connectivity index (χ0) is 16.8. The molecule has 0 aromatic heterocycles. The number of esters is 1. The van der Waals surface area contributed by atoms with Crippen molar-refractivity contribution in [2.24, 2.45) is 0 Å². The number of hydrogen-bond acceptors (Lipinski definition) is 3. The van der Waals surface area contributed by atoms with Gasteiger partial charge in [0.2, 0.25) is 0 Å². The molecule has 6 heteroatoms. The maximum absolute atomic E-state index is 13.0. The minimum Gasteiger partial charge on any atom is -0.459 e. The Kier molecular flexibility index (Phi) is 5.71. The third-order valence-electron chi connectivity index (χ3n) is 3.09. The van der Waals surface area contributed by atoms with E-state index < -0.39 is 23.7 Å². The van der Waals surface area contributed by atoms with Crippen LogP contribution in [0.2, 0.25) is 5.02 Å². The number of benzene rings is 2. The fraction of sp³-hybridized carbons (Fsp3) is 0.176. The van der Waals surface area contributed by atoms with E-state index in [1.807, 2.05) is 0 Å². The second-order valence-corrected chi connectivity index (χ2v) is 5.32. The Balaban J connectivity index is 1.90. The average Bonchev–Trinajstić information content (AvgIpc) is 2.53. The molecule has 0 aliphatic heterocycles. The van der Waals surface area contributed by atoms with Gasteiger partial charge in [-0.15, -0.1) is 0 Å². The first-order valence-electron chi connectivity index (χ1n) is 6.94. The number of ether oxygens (including phenoxy) is 1. The van der Waals surface area contributed by atoms with Crippen LogP contribution in [0.3, 0.4) is 0 Å². The first kappa shape index (κ1) is 17.0. The molecule has 0 aliphatic rings. The molecule has 0 aliphatic carbocycles. The Morgan fingerprint density at radius 1 is 1.22 bits per heavy atom. The van der Waals surface area contributed by atoms with Crippen LogP contribution in [-0.4, -0.2) is 17.9 Å². The van der Waals surface area contributed by atoms with E-state index in [1.54, 1.807) is 30.3 Å². The Labute approximate surface area is 138 Å². The molecule has 23 heavy (non-hydrogen) atoms. The molecule has 0 radical (unpaired) electrons. The summed E-state index contributed by atoms with van der Waals surface area (Å²) in [6.45, 7) is 1.44. The highest BCUT2D eigenvalue weighted by atomic mass is 35.5. The Morgan fingerprint density at radius 3 is 2.65 bits per heavy atom. The van der Waals surface area contributed by atoms with Crippen molar-refractivity contribution in [3.8, 4) is 0 Å². The normalized spacial score (nSPS) is 11.6. The number of nitrogens with one attached hydrogen (secondary N) is 1.